The van der Waals surface area contributed by atoms with E-state index in [9.17, 15) is 0 Å². The first-order valence-electron chi connectivity index (χ1n) is 5.88. The van der Waals surface area contributed by atoms with Gasteiger partial charge in [-0.05, 0) is 31.5 Å². The van der Waals surface area contributed by atoms with Crippen LogP contribution in [0.1, 0.15) is 24.6 Å². The highest BCUT2D eigenvalue weighted by Gasteiger charge is 2.20. The van der Waals surface area contributed by atoms with Crippen molar-refractivity contribution in [2.24, 2.45) is 0 Å². The van der Waals surface area contributed by atoms with Crippen molar-refractivity contribution < 1.29 is 4.52 Å². The molecule has 1 aliphatic rings. The van der Waals surface area contributed by atoms with Crippen LogP contribution < -0.4 is 5.32 Å². The number of pyridine rings is 1. The van der Waals surface area contributed by atoms with Crippen molar-refractivity contribution in [1.82, 2.24) is 20.4 Å². The van der Waals surface area contributed by atoms with E-state index >= 15 is 0 Å². The van der Waals surface area contributed by atoms with Crippen LogP contribution in [0, 0.1) is 0 Å². The van der Waals surface area contributed by atoms with Crippen LogP contribution in [0.5, 0.6) is 0 Å². The van der Waals surface area contributed by atoms with Crippen LogP contribution in [0.3, 0.4) is 0 Å². The predicted octanol–water partition coefficient (Wildman–Crippen LogP) is 1.60. The third-order valence-corrected chi connectivity index (χ3v) is 3.03. The van der Waals surface area contributed by atoms with Gasteiger partial charge in [0.25, 0.3) is 5.89 Å². The number of hydrogen-bond acceptors (Lipinski definition) is 5. The first-order valence-corrected chi connectivity index (χ1v) is 5.88. The molecule has 3 rings (SSSR count). The smallest absolute Gasteiger partial charge is 0.258 e. The van der Waals surface area contributed by atoms with Gasteiger partial charge in [0.05, 0.1) is 0 Å². The summed E-state index contributed by atoms with van der Waals surface area (Å²) in [6.45, 7) is 2.03. The van der Waals surface area contributed by atoms with E-state index < -0.39 is 0 Å². The second kappa shape index (κ2) is 4.63. The number of aromatic nitrogens is 3. The minimum Gasteiger partial charge on any atom is -0.334 e. The number of hydrogen-bond donors (Lipinski definition) is 1. The molecule has 2 aromatic rings. The third kappa shape index (κ3) is 2.19. The molecule has 1 N–H and O–H groups in total. The third-order valence-electron chi connectivity index (χ3n) is 3.03. The molecule has 88 valence electrons. The molecule has 0 bridgehead atoms. The number of nitrogens with zero attached hydrogens (tertiary/aromatic N) is 3. The first kappa shape index (κ1) is 10.4. The van der Waals surface area contributed by atoms with Gasteiger partial charge < -0.3 is 9.84 Å². The second-order valence-electron chi connectivity index (χ2n) is 4.24. The number of rotatable bonds is 2. The van der Waals surface area contributed by atoms with Crippen molar-refractivity contribution in [2.45, 2.75) is 18.8 Å². The van der Waals surface area contributed by atoms with Gasteiger partial charge in [0.1, 0.15) is 0 Å². The number of piperidine rings is 1. The molecular weight excluding hydrogens is 216 g/mol. The molecule has 0 amide bonds. The molecule has 17 heavy (non-hydrogen) atoms. The van der Waals surface area contributed by atoms with Crippen molar-refractivity contribution in [3.8, 4) is 11.5 Å². The van der Waals surface area contributed by atoms with Gasteiger partial charge in [-0.2, -0.15) is 4.98 Å². The summed E-state index contributed by atoms with van der Waals surface area (Å²) in [5, 5.41) is 7.42. The van der Waals surface area contributed by atoms with Crippen LogP contribution in [-0.4, -0.2) is 28.2 Å². The molecule has 1 saturated heterocycles. The Morgan fingerprint density at radius 3 is 2.94 bits per heavy atom. The number of nitrogens with one attached hydrogen (secondary N) is 1. The largest absolute Gasteiger partial charge is 0.334 e. The fraction of sp³-hybridized carbons (Fsp3) is 0.417. The molecule has 0 radical (unpaired) electrons. The maximum absolute atomic E-state index is 5.29. The molecule has 3 heterocycles. The minimum atomic E-state index is 0.378. The molecule has 2 aromatic heterocycles. The molecule has 1 fully saturated rings. The van der Waals surface area contributed by atoms with E-state index in [1.54, 1.807) is 12.4 Å². The summed E-state index contributed by atoms with van der Waals surface area (Å²) in [5.41, 5.74) is 0.919. The van der Waals surface area contributed by atoms with Gasteiger partial charge in [0.2, 0.25) is 0 Å². The zero-order valence-electron chi connectivity index (χ0n) is 9.47. The van der Waals surface area contributed by atoms with E-state index in [0.29, 0.717) is 11.8 Å². The molecule has 0 aromatic carbocycles. The summed E-state index contributed by atoms with van der Waals surface area (Å²) < 4.78 is 5.29. The SMILES string of the molecule is c1cc(-c2nc(C3CCCNC3)no2)ccn1. The lowest BCUT2D eigenvalue weighted by Gasteiger charge is -2.19. The monoisotopic (exact) mass is 230 g/mol. The van der Waals surface area contributed by atoms with Gasteiger partial charge in [-0.3, -0.25) is 4.98 Å². The van der Waals surface area contributed by atoms with E-state index in [4.69, 9.17) is 4.52 Å². The van der Waals surface area contributed by atoms with E-state index in [2.05, 4.69) is 20.4 Å². The summed E-state index contributed by atoms with van der Waals surface area (Å²) in [4.78, 5) is 8.43. The maximum atomic E-state index is 5.29. The zero-order chi connectivity index (χ0) is 11.5. The molecule has 0 saturated carbocycles. The fourth-order valence-corrected chi connectivity index (χ4v) is 2.08. The summed E-state index contributed by atoms with van der Waals surface area (Å²) in [6.07, 6.45) is 5.74. The minimum absolute atomic E-state index is 0.378. The van der Waals surface area contributed by atoms with Gasteiger partial charge in [0.15, 0.2) is 5.82 Å². The van der Waals surface area contributed by atoms with Gasteiger partial charge >= 0.3 is 0 Å². The maximum Gasteiger partial charge on any atom is 0.258 e. The quantitative estimate of drug-likeness (QED) is 0.849. The summed E-state index contributed by atoms with van der Waals surface area (Å²) in [5.74, 6) is 1.76. The topological polar surface area (TPSA) is 63.8 Å². The lowest BCUT2D eigenvalue weighted by atomic mass is 9.99. The molecule has 1 aliphatic heterocycles. The van der Waals surface area contributed by atoms with E-state index in [-0.39, 0.29) is 0 Å². The van der Waals surface area contributed by atoms with Crippen LogP contribution in [0.4, 0.5) is 0 Å². The van der Waals surface area contributed by atoms with E-state index in [1.165, 1.54) is 6.42 Å². The lowest BCUT2D eigenvalue weighted by molar-refractivity contribution is 0.393. The van der Waals surface area contributed by atoms with Crippen molar-refractivity contribution >= 4 is 0 Å². The molecule has 1 atom stereocenters. The van der Waals surface area contributed by atoms with Gasteiger partial charge in [0, 0.05) is 30.4 Å². The predicted molar refractivity (Wildman–Crippen MR) is 62.4 cm³/mol. The van der Waals surface area contributed by atoms with Crippen molar-refractivity contribution in [2.75, 3.05) is 13.1 Å². The Balaban J connectivity index is 1.83. The Labute approximate surface area is 99.3 Å². The Bertz CT molecular complexity index is 476. The Kier molecular flexibility index (Phi) is 2.83. The molecule has 5 heteroatoms. The first-order chi connectivity index (χ1) is 8.43. The van der Waals surface area contributed by atoms with Crippen molar-refractivity contribution in [3.63, 3.8) is 0 Å². The van der Waals surface area contributed by atoms with Crippen LogP contribution in [-0.2, 0) is 0 Å². The average molecular weight is 230 g/mol. The highest BCUT2D eigenvalue weighted by atomic mass is 16.5. The van der Waals surface area contributed by atoms with Crippen LogP contribution in [0.2, 0.25) is 0 Å². The Hall–Kier alpha value is -1.75. The zero-order valence-corrected chi connectivity index (χ0v) is 9.47. The average Bonchev–Trinajstić information content (AvgIpc) is 2.90. The highest BCUT2D eigenvalue weighted by molar-refractivity contribution is 5.51. The summed E-state index contributed by atoms with van der Waals surface area (Å²) in [6, 6.07) is 3.74. The van der Waals surface area contributed by atoms with Gasteiger partial charge in [-0.1, -0.05) is 5.16 Å². The highest BCUT2D eigenvalue weighted by Crippen LogP contribution is 2.23. The van der Waals surface area contributed by atoms with Crippen LogP contribution in [0.15, 0.2) is 29.0 Å². The Morgan fingerprint density at radius 2 is 2.18 bits per heavy atom. The summed E-state index contributed by atoms with van der Waals surface area (Å²) in [7, 11) is 0. The molecular formula is C12H14N4O. The molecule has 5 nitrogen and oxygen atoms in total. The Morgan fingerprint density at radius 1 is 1.29 bits per heavy atom. The van der Waals surface area contributed by atoms with E-state index in [0.717, 1.165) is 30.9 Å². The van der Waals surface area contributed by atoms with Crippen LogP contribution >= 0.6 is 0 Å². The van der Waals surface area contributed by atoms with Crippen LogP contribution in [0.25, 0.3) is 11.5 Å². The fourth-order valence-electron chi connectivity index (χ4n) is 2.08. The summed E-state index contributed by atoms with van der Waals surface area (Å²) >= 11 is 0. The van der Waals surface area contributed by atoms with E-state index in [1.807, 2.05) is 12.1 Å². The van der Waals surface area contributed by atoms with Gasteiger partial charge in [-0.15, -0.1) is 0 Å². The molecule has 1 unspecified atom stereocenters. The molecule has 0 spiro atoms. The normalized spacial score (nSPS) is 20.4. The van der Waals surface area contributed by atoms with Crippen molar-refractivity contribution in [3.05, 3.63) is 30.4 Å². The lowest BCUT2D eigenvalue weighted by Crippen LogP contribution is -2.28. The van der Waals surface area contributed by atoms with Gasteiger partial charge in [-0.25, -0.2) is 0 Å². The molecule has 0 aliphatic carbocycles. The standard InChI is InChI=1S/C12H14N4O/c1-2-10(8-14-5-1)11-15-12(17-16-11)9-3-6-13-7-4-9/h3-4,6-7,10,14H,1-2,5,8H2. The second-order valence-corrected chi connectivity index (χ2v) is 4.24. The van der Waals surface area contributed by atoms with Crippen molar-refractivity contribution in [1.29, 1.82) is 0 Å².